The molecule has 1 amide bonds. The van der Waals surface area contributed by atoms with Crippen molar-refractivity contribution in [2.24, 2.45) is 4.99 Å². The van der Waals surface area contributed by atoms with Gasteiger partial charge in [-0.15, -0.1) is 6.42 Å². The molecule has 0 N–H and O–H groups in total. The molecule has 0 spiro atoms. The number of aliphatic imine (C=N–C) groups is 1. The van der Waals surface area contributed by atoms with Crippen LogP contribution in [0.4, 0.5) is 11.4 Å². The topological polar surface area (TPSA) is 51.1 Å². The van der Waals surface area contributed by atoms with Crippen LogP contribution in [-0.4, -0.2) is 24.3 Å². The first-order valence-electron chi connectivity index (χ1n) is 12.4. The van der Waals surface area contributed by atoms with E-state index in [2.05, 4.69) is 31.9 Å². The van der Waals surface area contributed by atoms with Crippen molar-refractivity contribution in [3.8, 4) is 23.8 Å². The largest absolute Gasteiger partial charge is 0.490 e. The fourth-order valence-corrected chi connectivity index (χ4v) is 4.85. The van der Waals surface area contributed by atoms with Crippen LogP contribution in [0.25, 0.3) is 6.08 Å². The third kappa shape index (κ3) is 6.25. The van der Waals surface area contributed by atoms with Crippen LogP contribution in [0.3, 0.4) is 0 Å². The molecule has 0 saturated carbocycles. The molecule has 1 heterocycles. The summed E-state index contributed by atoms with van der Waals surface area (Å²) in [7, 11) is 0. The molecule has 3 aromatic rings. The monoisotopic (exact) mass is 510 g/mol. The van der Waals surface area contributed by atoms with Crippen LogP contribution in [0.1, 0.15) is 37.5 Å². The lowest BCUT2D eigenvalue weighted by Gasteiger charge is -2.16. The summed E-state index contributed by atoms with van der Waals surface area (Å²) in [6, 6.07) is 21.7. The molecule has 6 heteroatoms. The highest BCUT2D eigenvalue weighted by atomic mass is 32.2. The van der Waals surface area contributed by atoms with Crippen LogP contribution in [0.5, 0.6) is 11.5 Å². The van der Waals surface area contributed by atoms with Gasteiger partial charge in [0.15, 0.2) is 16.7 Å². The quantitative estimate of drug-likeness (QED) is 0.229. The highest BCUT2D eigenvalue weighted by Gasteiger charge is 2.34. The van der Waals surface area contributed by atoms with Crippen LogP contribution >= 0.6 is 11.8 Å². The lowest BCUT2D eigenvalue weighted by molar-refractivity contribution is -0.113. The maximum atomic E-state index is 13.7. The van der Waals surface area contributed by atoms with Gasteiger partial charge in [0.2, 0.25) is 0 Å². The van der Waals surface area contributed by atoms with Gasteiger partial charge in [0, 0.05) is 0 Å². The fraction of sp³-hybridized carbons (Fsp3) is 0.226. The van der Waals surface area contributed by atoms with Gasteiger partial charge in [-0.3, -0.25) is 9.69 Å². The smallest absolute Gasteiger partial charge is 0.271 e. The number of hydrogen-bond acceptors (Lipinski definition) is 5. The number of aryl methyl sites for hydroxylation is 2. The minimum Gasteiger partial charge on any atom is -0.490 e. The van der Waals surface area contributed by atoms with Gasteiger partial charge in [-0.2, -0.15) is 0 Å². The Hall–Kier alpha value is -3.95. The number of rotatable bonds is 9. The van der Waals surface area contributed by atoms with E-state index in [-0.39, 0.29) is 12.5 Å². The summed E-state index contributed by atoms with van der Waals surface area (Å²) >= 11 is 1.36. The first-order valence-corrected chi connectivity index (χ1v) is 13.2. The summed E-state index contributed by atoms with van der Waals surface area (Å²) < 4.78 is 11.3. The zero-order chi connectivity index (χ0) is 26.2. The maximum Gasteiger partial charge on any atom is 0.271 e. The third-order valence-electron chi connectivity index (χ3n) is 5.85. The second-order valence-corrected chi connectivity index (χ2v) is 9.33. The van der Waals surface area contributed by atoms with Crippen LogP contribution in [-0.2, 0) is 17.6 Å². The third-order valence-corrected chi connectivity index (χ3v) is 6.82. The molecule has 3 aromatic carbocycles. The van der Waals surface area contributed by atoms with E-state index in [0.717, 1.165) is 29.8 Å². The van der Waals surface area contributed by atoms with Crippen molar-refractivity contribution in [2.45, 2.75) is 33.6 Å². The summed E-state index contributed by atoms with van der Waals surface area (Å²) in [4.78, 5) is 20.8. The predicted octanol–water partition coefficient (Wildman–Crippen LogP) is 7.03. The van der Waals surface area contributed by atoms with Crippen LogP contribution in [0, 0.1) is 12.3 Å². The molecule has 0 bridgehead atoms. The average molecular weight is 511 g/mol. The molecule has 1 fully saturated rings. The molecule has 37 heavy (non-hydrogen) atoms. The molecule has 0 radical (unpaired) electrons. The summed E-state index contributed by atoms with van der Waals surface area (Å²) in [5.74, 6) is 3.50. The molecule has 0 unspecified atom stereocenters. The Balaban J connectivity index is 1.72. The van der Waals surface area contributed by atoms with Crippen LogP contribution < -0.4 is 14.4 Å². The molecule has 0 aromatic heterocycles. The molecule has 1 saturated heterocycles. The zero-order valence-corrected chi connectivity index (χ0v) is 22.2. The first-order chi connectivity index (χ1) is 18.1. The normalized spacial score (nSPS) is 15.3. The number of hydrogen-bond donors (Lipinski definition) is 0. The van der Waals surface area contributed by atoms with Gasteiger partial charge >= 0.3 is 0 Å². The van der Waals surface area contributed by atoms with E-state index in [4.69, 9.17) is 20.9 Å². The number of thioether (sulfide) groups is 1. The SMILES string of the molecule is C#CCOc1ccc(/C=C2\SC(=Nc3ccc(CC)cc3)N(c3ccc(CC)cc3)C2=O)cc1OCC. The zero-order valence-electron chi connectivity index (χ0n) is 21.4. The van der Waals surface area contributed by atoms with Crippen molar-refractivity contribution in [2.75, 3.05) is 18.1 Å². The molecule has 0 atom stereocenters. The summed E-state index contributed by atoms with van der Waals surface area (Å²) in [5, 5.41) is 0.615. The van der Waals surface area contributed by atoms with E-state index < -0.39 is 0 Å². The van der Waals surface area contributed by atoms with E-state index >= 15 is 0 Å². The van der Waals surface area contributed by atoms with E-state index in [9.17, 15) is 4.79 Å². The van der Waals surface area contributed by atoms with Crippen molar-refractivity contribution < 1.29 is 14.3 Å². The Bertz CT molecular complexity index is 1350. The number of amides is 1. The summed E-state index contributed by atoms with van der Waals surface area (Å²) in [6.45, 7) is 6.77. The number of carbonyl (C=O) groups is 1. The summed E-state index contributed by atoms with van der Waals surface area (Å²) in [6.07, 6.45) is 9.08. The van der Waals surface area contributed by atoms with E-state index in [1.54, 1.807) is 4.90 Å². The molecule has 1 aliphatic rings. The Morgan fingerprint density at radius 1 is 0.919 bits per heavy atom. The maximum absolute atomic E-state index is 13.7. The first kappa shape index (κ1) is 26.1. The molecular formula is C31H30N2O3S. The molecule has 1 aliphatic heterocycles. The number of nitrogens with zero attached hydrogens (tertiary/aromatic N) is 2. The van der Waals surface area contributed by atoms with Gasteiger partial charge in [0.25, 0.3) is 5.91 Å². The predicted molar refractivity (Wildman–Crippen MR) is 154 cm³/mol. The highest BCUT2D eigenvalue weighted by molar-refractivity contribution is 8.19. The molecule has 0 aliphatic carbocycles. The van der Waals surface area contributed by atoms with Crippen molar-refractivity contribution >= 4 is 40.3 Å². The minimum atomic E-state index is -0.121. The van der Waals surface area contributed by atoms with Gasteiger partial charge < -0.3 is 9.47 Å². The number of amidine groups is 1. The van der Waals surface area contributed by atoms with Crippen LogP contribution in [0.15, 0.2) is 76.6 Å². The highest BCUT2D eigenvalue weighted by Crippen LogP contribution is 2.38. The second-order valence-electron chi connectivity index (χ2n) is 8.32. The minimum absolute atomic E-state index is 0.121. The van der Waals surface area contributed by atoms with E-state index in [1.165, 1.54) is 22.9 Å². The molecule has 188 valence electrons. The average Bonchev–Trinajstić information content (AvgIpc) is 3.22. The number of ether oxygens (including phenoxy) is 2. The van der Waals surface area contributed by atoms with Crippen molar-refractivity contribution in [1.82, 2.24) is 0 Å². The van der Waals surface area contributed by atoms with Gasteiger partial charge in [-0.25, -0.2) is 4.99 Å². The van der Waals surface area contributed by atoms with E-state index in [0.29, 0.717) is 28.2 Å². The van der Waals surface area contributed by atoms with Gasteiger partial charge in [0.1, 0.15) is 6.61 Å². The Labute approximate surface area is 223 Å². The Kier molecular flexibility index (Phi) is 8.71. The number of anilines is 1. The standard InChI is InChI=1S/C31H30N2O3S/c1-5-19-36-27-18-13-24(20-28(27)35-8-4)21-29-30(34)33(26-16-11-23(7-3)12-17-26)31(37-29)32-25-14-9-22(6-2)10-15-25/h1,9-18,20-21H,6-8,19H2,2-4H3/b29-21-,32-31?. The number of benzene rings is 3. The lowest BCUT2D eigenvalue weighted by Crippen LogP contribution is -2.28. The van der Waals surface area contributed by atoms with Crippen molar-refractivity contribution in [3.05, 3.63) is 88.3 Å². The Morgan fingerprint density at radius 3 is 2.22 bits per heavy atom. The van der Waals surface area contributed by atoms with Crippen molar-refractivity contribution in [1.29, 1.82) is 0 Å². The molecule has 5 nitrogen and oxygen atoms in total. The van der Waals surface area contributed by atoms with Gasteiger partial charge in [0.05, 0.1) is 22.9 Å². The fourth-order valence-electron chi connectivity index (χ4n) is 3.85. The summed E-state index contributed by atoms with van der Waals surface area (Å²) in [5.41, 5.74) is 4.87. The second kappa shape index (κ2) is 12.3. The van der Waals surface area contributed by atoms with E-state index in [1.807, 2.05) is 67.6 Å². The Morgan fingerprint density at radius 2 is 1.59 bits per heavy atom. The molecular weight excluding hydrogens is 480 g/mol. The van der Waals surface area contributed by atoms with Gasteiger partial charge in [-0.1, -0.05) is 50.1 Å². The van der Waals surface area contributed by atoms with Crippen LogP contribution in [0.2, 0.25) is 0 Å². The molecule has 4 rings (SSSR count). The van der Waals surface area contributed by atoms with Crippen molar-refractivity contribution in [3.63, 3.8) is 0 Å². The number of terminal acetylenes is 1. The number of carbonyl (C=O) groups excluding carboxylic acids is 1. The van der Waals surface area contributed by atoms with Gasteiger partial charge in [-0.05, 0) is 90.7 Å². The lowest BCUT2D eigenvalue weighted by atomic mass is 10.1.